The Bertz CT molecular complexity index is 278. The van der Waals surface area contributed by atoms with Crippen LogP contribution >= 0.6 is 0 Å². The van der Waals surface area contributed by atoms with E-state index in [2.05, 4.69) is 34.1 Å². The van der Waals surface area contributed by atoms with Crippen molar-refractivity contribution in [3.05, 3.63) is 0 Å². The van der Waals surface area contributed by atoms with Crippen molar-refractivity contribution in [3.8, 4) is 0 Å². The van der Waals surface area contributed by atoms with Crippen LogP contribution in [0.2, 0.25) is 0 Å². The van der Waals surface area contributed by atoms with Crippen LogP contribution in [-0.4, -0.2) is 98.3 Å². The molecule has 0 aliphatic carbocycles. The van der Waals surface area contributed by atoms with Gasteiger partial charge in [0.25, 0.3) is 0 Å². The van der Waals surface area contributed by atoms with Crippen molar-refractivity contribution in [2.45, 2.75) is 19.4 Å². The molecule has 0 saturated carbocycles. The Morgan fingerprint density at radius 3 is 2.20 bits per heavy atom. The SMILES string of the molecule is CCNC(CCN1CCN(CCN(C)C)CC1)C(=O)O. The summed E-state index contributed by atoms with van der Waals surface area (Å²) in [5, 5.41) is 12.1. The van der Waals surface area contributed by atoms with Crippen LogP contribution in [0, 0.1) is 0 Å². The highest BCUT2D eigenvalue weighted by Crippen LogP contribution is 2.04. The van der Waals surface area contributed by atoms with Gasteiger partial charge < -0.3 is 20.2 Å². The van der Waals surface area contributed by atoms with Gasteiger partial charge in [-0.3, -0.25) is 9.69 Å². The van der Waals surface area contributed by atoms with Crippen molar-refractivity contribution < 1.29 is 9.90 Å². The van der Waals surface area contributed by atoms with Gasteiger partial charge in [-0.15, -0.1) is 0 Å². The monoisotopic (exact) mass is 286 g/mol. The molecule has 1 saturated heterocycles. The Kier molecular flexibility index (Phi) is 8.06. The first-order valence-corrected chi connectivity index (χ1v) is 7.58. The van der Waals surface area contributed by atoms with Crippen LogP contribution in [0.25, 0.3) is 0 Å². The van der Waals surface area contributed by atoms with Gasteiger partial charge in [0, 0.05) is 45.8 Å². The zero-order valence-corrected chi connectivity index (χ0v) is 13.1. The van der Waals surface area contributed by atoms with E-state index in [-0.39, 0.29) is 0 Å². The summed E-state index contributed by atoms with van der Waals surface area (Å²) in [5.41, 5.74) is 0. The molecular weight excluding hydrogens is 256 g/mol. The van der Waals surface area contributed by atoms with Gasteiger partial charge in [-0.2, -0.15) is 0 Å². The molecule has 0 bridgehead atoms. The number of nitrogens with zero attached hydrogens (tertiary/aromatic N) is 3. The largest absolute Gasteiger partial charge is 0.480 e. The summed E-state index contributed by atoms with van der Waals surface area (Å²) < 4.78 is 0. The number of nitrogens with one attached hydrogen (secondary N) is 1. The normalized spacial score (nSPS) is 19.4. The minimum Gasteiger partial charge on any atom is -0.480 e. The number of hydrogen-bond acceptors (Lipinski definition) is 5. The van der Waals surface area contributed by atoms with Gasteiger partial charge in [0.2, 0.25) is 0 Å². The molecule has 6 nitrogen and oxygen atoms in total. The van der Waals surface area contributed by atoms with Crippen LogP contribution in [0.3, 0.4) is 0 Å². The smallest absolute Gasteiger partial charge is 0.320 e. The third-order valence-electron chi connectivity index (χ3n) is 3.81. The van der Waals surface area contributed by atoms with E-state index >= 15 is 0 Å². The van der Waals surface area contributed by atoms with Crippen LogP contribution in [0.15, 0.2) is 0 Å². The molecule has 0 spiro atoms. The van der Waals surface area contributed by atoms with Crippen molar-refractivity contribution >= 4 is 5.97 Å². The lowest BCUT2D eigenvalue weighted by Gasteiger charge is -2.35. The Balaban J connectivity index is 2.20. The molecule has 20 heavy (non-hydrogen) atoms. The molecule has 118 valence electrons. The summed E-state index contributed by atoms with van der Waals surface area (Å²) in [6, 6.07) is -0.410. The lowest BCUT2D eigenvalue weighted by atomic mass is 10.2. The summed E-state index contributed by atoms with van der Waals surface area (Å²) in [7, 11) is 4.20. The summed E-state index contributed by atoms with van der Waals surface area (Å²) in [6.07, 6.45) is 0.681. The molecule has 1 aliphatic rings. The average molecular weight is 286 g/mol. The van der Waals surface area contributed by atoms with E-state index in [4.69, 9.17) is 5.11 Å². The third kappa shape index (κ3) is 6.65. The maximum Gasteiger partial charge on any atom is 0.320 e. The fourth-order valence-corrected chi connectivity index (χ4v) is 2.45. The predicted molar refractivity (Wildman–Crippen MR) is 81.2 cm³/mol. The van der Waals surface area contributed by atoms with E-state index in [1.807, 2.05) is 6.92 Å². The zero-order valence-electron chi connectivity index (χ0n) is 13.1. The molecule has 0 aromatic carbocycles. The van der Waals surface area contributed by atoms with E-state index in [9.17, 15) is 4.79 Å². The average Bonchev–Trinajstić information content (AvgIpc) is 2.42. The van der Waals surface area contributed by atoms with Gasteiger partial charge >= 0.3 is 5.97 Å². The number of piperazine rings is 1. The van der Waals surface area contributed by atoms with Gasteiger partial charge in [-0.25, -0.2) is 0 Å². The Labute approximate surface area is 122 Å². The second-order valence-corrected chi connectivity index (χ2v) is 5.72. The van der Waals surface area contributed by atoms with Crippen LogP contribution in [-0.2, 0) is 4.79 Å². The lowest BCUT2D eigenvalue weighted by Crippen LogP contribution is -2.49. The predicted octanol–water partition coefficient (Wildman–Crippen LogP) is -0.382. The quantitative estimate of drug-likeness (QED) is 0.602. The third-order valence-corrected chi connectivity index (χ3v) is 3.81. The summed E-state index contributed by atoms with van der Waals surface area (Å²) in [6.45, 7) is 10.0. The molecule has 1 heterocycles. The number of carboxylic acids is 1. The number of carbonyl (C=O) groups is 1. The maximum absolute atomic E-state index is 11.1. The molecule has 1 atom stereocenters. The van der Waals surface area contributed by atoms with Crippen molar-refractivity contribution in [2.75, 3.05) is 66.5 Å². The summed E-state index contributed by atoms with van der Waals surface area (Å²) in [5.74, 6) is -0.739. The Morgan fingerprint density at radius 2 is 1.75 bits per heavy atom. The van der Waals surface area contributed by atoms with E-state index in [0.29, 0.717) is 13.0 Å². The zero-order chi connectivity index (χ0) is 15.0. The Morgan fingerprint density at radius 1 is 1.20 bits per heavy atom. The minimum atomic E-state index is -0.739. The number of likely N-dealkylation sites (N-methyl/N-ethyl adjacent to an activating group) is 2. The molecule has 1 fully saturated rings. The molecule has 0 amide bonds. The molecule has 0 aromatic heterocycles. The molecule has 1 aliphatic heterocycles. The highest BCUT2D eigenvalue weighted by atomic mass is 16.4. The first-order chi connectivity index (χ1) is 9.52. The van der Waals surface area contributed by atoms with Gasteiger partial charge in [-0.1, -0.05) is 6.92 Å². The minimum absolute atomic E-state index is 0.410. The number of carboxylic acid groups (broad SMARTS) is 1. The van der Waals surface area contributed by atoms with E-state index < -0.39 is 12.0 Å². The fourth-order valence-electron chi connectivity index (χ4n) is 2.45. The van der Waals surface area contributed by atoms with Crippen molar-refractivity contribution in [1.82, 2.24) is 20.0 Å². The highest BCUT2D eigenvalue weighted by Gasteiger charge is 2.20. The first kappa shape index (κ1) is 17.4. The van der Waals surface area contributed by atoms with Crippen LogP contribution in [0.4, 0.5) is 0 Å². The molecular formula is C14H30N4O2. The van der Waals surface area contributed by atoms with Gasteiger partial charge in [0.15, 0.2) is 0 Å². The molecule has 0 radical (unpaired) electrons. The van der Waals surface area contributed by atoms with Gasteiger partial charge in [0.1, 0.15) is 6.04 Å². The molecule has 0 aromatic rings. The van der Waals surface area contributed by atoms with Gasteiger partial charge in [0.05, 0.1) is 0 Å². The maximum atomic E-state index is 11.1. The van der Waals surface area contributed by atoms with E-state index in [0.717, 1.165) is 45.8 Å². The standard InChI is InChI=1S/C14H30N4O2/c1-4-15-13(14(19)20)5-6-17-9-11-18(12-10-17)8-7-16(2)3/h13,15H,4-12H2,1-3H3,(H,19,20). The topological polar surface area (TPSA) is 59.0 Å². The van der Waals surface area contributed by atoms with E-state index in [1.54, 1.807) is 0 Å². The molecule has 1 unspecified atom stereocenters. The van der Waals surface area contributed by atoms with Crippen LogP contribution in [0.1, 0.15) is 13.3 Å². The molecule has 6 heteroatoms. The van der Waals surface area contributed by atoms with Gasteiger partial charge in [-0.05, 0) is 27.1 Å². The van der Waals surface area contributed by atoms with Crippen LogP contribution < -0.4 is 5.32 Å². The van der Waals surface area contributed by atoms with Crippen molar-refractivity contribution in [1.29, 1.82) is 0 Å². The molecule has 1 rings (SSSR count). The summed E-state index contributed by atoms with van der Waals surface area (Å²) in [4.78, 5) is 18.1. The Hall–Kier alpha value is -0.690. The van der Waals surface area contributed by atoms with E-state index in [1.165, 1.54) is 0 Å². The number of aliphatic carboxylic acids is 1. The number of hydrogen-bond donors (Lipinski definition) is 2. The highest BCUT2D eigenvalue weighted by molar-refractivity contribution is 5.73. The second kappa shape index (κ2) is 9.28. The van der Waals surface area contributed by atoms with Crippen LogP contribution in [0.5, 0.6) is 0 Å². The lowest BCUT2D eigenvalue weighted by molar-refractivity contribution is -0.139. The van der Waals surface area contributed by atoms with Crippen molar-refractivity contribution in [3.63, 3.8) is 0 Å². The summed E-state index contributed by atoms with van der Waals surface area (Å²) >= 11 is 0. The molecule has 2 N–H and O–H groups in total. The second-order valence-electron chi connectivity index (χ2n) is 5.72. The number of rotatable bonds is 9. The van der Waals surface area contributed by atoms with Crippen molar-refractivity contribution in [2.24, 2.45) is 0 Å². The fraction of sp³-hybridized carbons (Fsp3) is 0.929. The first-order valence-electron chi connectivity index (χ1n) is 7.58.